The number of aryl methyl sites for hydroxylation is 1. The van der Waals surface area contributed by atoms with Crippen molar-refractivity contribution in [2.45, 2.75) is 6.42 Å². The Balaban J connectivity index is 2.09. The molecule has 0 aliphatic rings. The molecule has 1 aromatic heterocycles. The number of benzene rings is 1. The maximum atomic E-state index is 10.8. The Morgan fingerprint density at radius 1 is 1.45 bits per heavy atom. The van der Waals surface area contributed by atoms with Gasteiger partial charge in [0.1, 0.15) is 12.1 Å². The minimum absolute atomic E-state index is 0.353. The number of methoxy groups -OCH3 is 1. The number of halogens is 1. The van der Waals surface area contributed by atoms with Crippen LogP contribution in [0, 0.1) is 0 Å². The molecular formula is C14H15ClN2O3. The first kappa shape index (κ1) is 14.4. The quantitative estimate of drug-likeness (QED) is 0.768. The number of rotatable bonds is 6. The van der Waals surface area contributed by atoms with E-state index in [0.29, 0.717) is 41.4 Å². The van der Waals surface area contributed by atoms with Gasteiger partial charge in [0, 0.05) is 31.4 Å². The van der Waals surface area contributed by atoms with Crippen LogP contribution in [0.1, 0.15) is 16.2 Å². The second kappa shape index (κ2) is 6.43. The molecule has 1 heterocycles. The number of nitrogens with zero attached hydrogens (tertiary/aromatic N) is 2. The van der Waals surface area contributed by atoms with E-state index in [1.54, 1.807) is 18.3 Å². The molecule has 1 aromatic carbocycles. The smallest absolute Gasteiger partial charge is 0.179 e. The molecule has 0 spiro atoms. The maximum Gasteiger partial charge on any atom is 0.179 e. The zero-order chi connectivity index (χ0) is 14.5. The number of carbonyl (C=O) groups is 1. The van der Waals surface area contributed by atoms with Gasteiger partial charge < -0.3 is 14.0 Å². The number of carbonyl (C=O) groups excluding carboxylic acids is 1. The highest BCUT2D eigenvalue weighted by Gasteiger charge is 2.12. The van der Waals surface area contributed by atoms with E-state index >= 15 is 0 Å². The van der Waals surface area contributed by atoms with Gasteiger partial charge in [0.2, 0.25) is 0 Å². The lowest BCUT2D eigenvalue weighted by Gasteiger charge is -2.12. The number of hydrogen-bond acceptors (Lipinski definition) is 4. The predicted molar refractivity (Wildman–Crippen MR) is 75.8 cm³/mol. The van der Waals surface area contributed by atoms with Crippen LogP contribution >= 0.6 is 11.6 Å². The summed E-state index contributed by atoms with van der Waals surface area (Å²) in [4.78, 5) is 15.0. The van der Waals surface area contributed by atoms with Gasteiger partial charge in [-0.3, -0.25) is 4.79 Å². The molecule has 0 saturated heterocycles. The van der Waals surface area contributed by atoms with E-state index in [9.17, 15) is 4.79 Å². The van der Waals surface area contributed by atoms with Crippen LogP contribution in [-0.2, 0) is 13.5 Å². The zero-order valence-corrected chi connectivity index (χ0v) is 12.1. The van der Waals surface area contributed by atoms with Gasteiger partial charge >= 0.3 is 0 Å². The summed E-state index contributed by atoms with van der Waals surface area (Å²) in [7, 11) is 3.43. The van der Waals surface area contributed by atoms with Gasteiger partial charge in [-0.1, -0.05) is 11.6 Å². The molecule has 5 nitrogen and oxygen atoms in total. The van der Waals surface area contributed by atoms with Gasteiger partial charge in [0.05, 0.1) is 18.7 Å². The van der Waals surface area contributed by atoms with Crippen LogP contribution in [0.15, 0.2) is 24.5 Å². The summed E-state index contributed by atoms with van der Waals surface area (Å²) in [6, 6.07) is 3.14. The van der Waals surface area contributed by atoms with Crippen molar-refractivity contribution < 1.29 is 14.3 Å². The summed E-state index contributed by atoms with van der Waals surface area (Å²) < 4.78 is 12.8. The fraction of sp³-hybridized carbons (Fsp3) is 0.286. The minimum Gasteiger partial charge on any atom is -0.493 e. The molecule has 2 rings (SSSR count). The molecule has 0 unspecified atom stereocenters. The van der Waals surface area contributed by atoms with E-state index < -0.39 is 0 Å². The summed E-state index contributed by atoms with van der Waals surface area (Å²) in [5.41, 5.74) is 0.448. The number of aldehydes is 1. The molecule has 0 atom stereocenters. The van der Waals surface area contributed by atoms with Crippen molar-refractivity contribution in [3.8, 4) is 11.5 Å². The van der Waals surface area contributed by atoms with Gasteiger partial charge in [0.25, 0.3) is 0 Å². The summed E-state index contributed by atoms with van der Waals surface area (Å²) in [6.45, 7) is 0.418. The van der Waals surface area contributed by atoms with Crippen LogP contribution in [0.3, 0.4) is 0 Å². The van der Waals surface area contributed by atoms with Crippen LogP contribution < -0.4 is 9.47 Å². The summed E-state index contributed by atoms with van der Waals surface area (Å²) in [6.07, 6.45) is 4.98. The number of imidazole rings is 1. The Bertz CT molecular complexity index is 610. The van der Waals surface area contributed by atoms with Gasteiger partial charge in [-0.2, -0.15) is 0 Å². The third kappa shape index (κ3) is 3.11. The summed E-state index contributed by atoms with van der Waals surface area (Å²) in [5.74, 6) is 1.80. The van der Waals surface area contributed by atoms with E-state index in [1.165, 1.54) is 7.11 Å². The Labute approximate surface area is 122 Å². The van der Waals surface area contributed by atoms with Crippen molar-refractivity contribution in [1.29, 1.82) is 0 Å². The van der Waals surface area contributed by atoms with Gasteiger partial charge in [0.15, 0.2) is 11.5 Å². The highest BCUT2D eigenvalue weighted by molar-refractivity contribution is 6.32. The largest absolute Gasteiger partial charge is 0.493 e. The lowest BCUT2D eigenvalue weighted by atomic mass is 10.2. The molecule has 2 aromatic rings. The SMILES string of the molecule is COc1cc(C=O)cc(Cl)c1OCCc1nccn1C. The molecule has 6 heteroatoms. The molecule has 0 aliphatic carbocycles. The molecule has 0 saturated carbocycles. The van der Waals surface area contributed by atoms with Gasteiger partial charge in [-0.15, -0.1) is 0 Å². The predicted octanol–water partition coefficient (Wildman–Crippen LogP) is 2.52. The number of hydrogen-bond donors (Lipinski definition) is 0. The van der Waals surface area contributed by atoms with E-state index in [1.807, 2.05) is 17.8 Å². The normalized spacial score (nSPS) is 10.3. The highest BCUT2D eigenvalue weighted by Crippen LogP contribution is 2.36. The third-order valence-electron chi connectivity index (χ3n) is 2.88. The first-order valence-electron chi connectivity index (χ1n) is 6.07. The van der Waals surface area contributed by atoms with Crippen molar-refractivity contribution >= 4 is 17.9 Å². The second-order valence-corrected chi connectivity index (χ2v) is 4.61. The zero-order valence-electron chi connectivity index (χ0n) is 11.3. The lowest BCUT2D eigenvalue weighted by Crippen LogP contribution is -2.07. The maximum absolute atomic E-state index is 10.8. The molecule has 0 aliphatic heterocycles. The molecule has 0 radical (unpaired) electrons. The van der Waals surface area contributed by atoms with Crippen molar-refractivity contribution in [3.05, 3.63) is 40.9 Å². The topological polar surface area (TPSA) is 53.4 Å². The van der Waals surface area contributed by atoms with E-state index in [2.05, 4.69) is 4.98 Å². The first-order valence-corrected chi connectivity index (χ1v) is 6.45. The molecule has 0 bridgehead atoms. The molecule has 0 fully saturated rings. The van der Waals surface area contributed by atoms with Gasteiger partial charge in [-0.05, 0) is 12.1 Å². The Morgan fingerprint density at radius 3 is 2.85 bits per heavy atom. The standard InChI is InChI=1S/C14H15ClN2O3/c1-17-5-4-16-13(17)3-6-20-14-11(15)7-10(9-18)8-12(14)19-2/h4-5,7-9H,3,6H2,1-2H3. The fourth-order valence-corrected chi connectivity index (χ4v) is 2.10. The van der Waals surface area contributed by atoms with Crippen LogP contribution in [0.5, 0.6) is 11.5 Å². The van der Waals surface area contributed by atoms with E-state index in [-0.39, 0.29) is 0 Å². The first-order chi connectivity index (χ1) is 9.65. The minimum atomic E-state index is 0.353. The molecule has 106 valence electrons. The van der Waals surface area contributed by atoms with Gasteiger partial charge in [-0.25, -0.2) is 4.98 Å². The Hall–Kier alpha value is -2.01. The van der Waals surface area contributed by atoms with Crippen LogP contribution in [0.2, 0.25) is 5.02 Å². The van der Waals surface area contributed by atoms with Crippen molar-refractivity contribution in [2.75, 3.05) is 13.7 Å². The summed E-state index contributed by atoms with van der Waals surface area (Å²) in [5, 5.41) is 0.353. The fourth-order valence-electron chi connectivity index (χ4n) is 1.83. The lowest BCUT2D eigenvalue weighted by molar-refractivity contribution is 0.112. The Morgan fingerprint density at radius 2 is 2.25 bits per heavy atom. The van der Waals surface area contributed by atoms with Crippen LogP contribution in [0.25, 0.3) is 0 Å². The van der Waals surface area contributed by atoms with E-state index in [4.69, 9.17) is 21.1 Å². The average molecular weight is 295 g/mol. The molecule has 0 N–H and O–H groups in total. The summed E-state index contributed by atoms with van der Waals surface area (Å²) >= 11 is 6.10. The Kier molecular flexibility index (Phi) is 4.63. The van der Waals surface area contributed by atoms with Crippen LogP contribution in [-0.4, -0.2) is 29.6 Å². The third-order valence-corrected chi connectivity index (χ3v) is 3.16. The number of aromatic nitrogens is 2. The molecular weight excluding hydrogens is 280 g/mol. The average Bonchev–Trinajstić information content (AvgIpc) is 2.85. The highest BCUT2D eigenvalue weighted by atomic mass is 35.5. The van der Waals surface area contributed by atoms with Crippen molar-refractivity contribution in [2.24, 2.45) is 7.05 Å². The van der Waals surface area contributed by atoms with Crippen LogP contribution in [0.4, 0.5) is 0 Å². The number of ether oxygens (including phenoxy) is 2. The van der Waals surface area contributed by atoms with Crippen molar-refractivity contribution in [1.82, 2.24) is 9.55 Å². The molecule has 0 amide bonds. The van der Waals surface area contributed by atoms with E-state index in [0.717, 1.165) is 5.82 Å². The van der Waals surface area contributed by atoms with Crippen molar-refractivity contribution in [3.63, 3.8) is 0 Å². The second-order valence-electron chi connectivity index (χ2n) is 4.20. The molecule has 20 heavy (non-hydrogen) atoms. The monoisotopic (exact) mass is 294 g/mol.